The van der Waals surface area contributed by atoms with Gasteiger partial charge in [-0.1, -0.05) is 6.07 Å². The Hall–Kier alpha value is -1.10. The van der Waals surface area contributed by atoms with Crippen molar-refractivity contribution in [2.75, 3.05) is 20.2 Å². The van der Waals surface area contributed by atoms with Gasteiger partial charge in [0.2, 0.25) is 0 Å². The van der Waals surface area contributed by atoms with Crippen LogP contribution in [0.2, 0.25) is 0 Å². The second-order valence-corrected chi connectivity index (χ2v) is 5.62. The molecule has 4 heteroatoms. The number of likely N-dealkylation sites (tertiary alicyclic amines) is 1. The molecule has 4 nitrogen and oxygen atoms in total. The van der Waals surface area contributed by atoms with E-state index in [2.05, 4.69) is 11.0 Å². The molecule has 1 aromatic carbocycles. The Morgan fingerprint density at radius 1 is 1.37 bits per heavy atom. The van der Waals surface area contributed by atoms with Crippen molar-refractivity contribution in [2.24, 2.45) is 5.73 Å². The molecule has 1 aliphatic heterocycles. The molecular weight excluding hydrogens is 240 g/mol. The van der Waals surface area contributed by atoms with Crippen molar-refractivity contribution >= 4 is 0 Å². The summed E-state index contributed by atoms with van der Waals surface area (Å²) >= 11 is 0. The Labute approximate surface area is 115 Å². The molecular formula is C15H24N2O2. The van der Waals surface area contributed by atoms with Crippen LogP contribution in [0.1, 0.15) is 30.9 Å². The second-order valence-electron chi connectivity index (χ2n) is 5.62. The van der Waals surface area contributed by atoms with Gasteiger partial charge in [-0.3, -0.25) is 4.90 Å². The number of hydrogen-bond acceptors (Lipinski definition) is 4. The Kier molecular flexibility index (Phi) is 4.45. The quantitative estimate of drug-likeness (QED) is 0.865. The highest BCUT2D eigenvalue weighted by Crippen LogP contribution is 2.26. The summed E-state index contributed by atoms with van der Waals surface area (Å²) in [6, 6.07) is 6.10. The van der Waals surface area contributed by atoms with Gasteiger partial charge in [-0.2, -0.15) is 0 Å². The second kappa shape index (κ2) is 5.90. The van der Waals surface area contributed by atoms with E-state index < -0.39 is 5.60 Å². The Morgan fingerprint density at radius 2 is 2.05 bits per heavy atom. The highest BCUT2D eigenvalue weighted by molar-refractivity contribution is 5.37. The summed E-state index contributed by atoms with van der Waals surface area (Å²) in [6.45, 7) is 5.16. The lowest BCUT2D eigenvalue weighted by Gasteiger charge is -2.36. The van der Waals surface area contributed by atoms with Gasteiger partial charge in [-0.25, -0.2) is 0 Å². The Balaban J connectivity index is 2.06. The molecule has 1 aromatic rings. The van der Waals surface area contributed by atoms with Gasteiger partial charge in [-0.15, -0.1) is 0 Å². The van der Waals surface area contributed by atoms with E-state index in [-0.39, 0.29) is 0 Å². The highest BCUT2D eigenvalue weighted by atomic mass is 16.5. The van der Waals surface area contributed by atoms with Crippen LogP contribution in [0.3, 0.4) is 0 Å². The number of nitrogens with zero attached hydrogens (tertiary/aromatic N) is 1. The van der Waals surface area contributed by atoms with E-state index in [9.17, 15) is 5.11 Å². The first-order valence-corrected chi connectivity index (χ1v) is 6.85. The zero-order valence-electron chi connectivity index (χ0n) is 11.9. The van der Waals surface area contributed by atoms with Gasteiger partial charge in [0, 0.05) is 31.7 Å². The van der Waals surface area contributed by atoms with Crippen LogP contribution in [-0.2, 0) is 13.1 Å². The van der Waals surface area contributed by atoms with Crippen molar-refractivity contribution in [3.63, 3.8) is 0 Å². The number of benzene rings is 1. The van der Waals surface area contributed by atoms with Gasteiger partial charge in [0.1, 0.15) is 5.75 Å². The van der Waals surface area contributed by atoms with Crippen LogP contribution in [0, 0.1) is 0 Å². The van der Waals surface area contributed by atoms with E-state index in [1.54, 1.807) is 7.11 Å². The highest BCUT2D eigenvalue weighted by Gasteiger charge is 2.27. The number of methoxy groups -OCH3 is 1. The van der Waals surface area contributed by atoms with Crippen molar-refractivity contribution in [1.82, 2.24) is 4.90 Å². The topological polar surface area (TPSA) is 58.7 Å². The molecule has 0 bridgehead atoms. The van der Waals surface area contributed by atoms with Gasteiger partial charge < -0.3 is 15.6 Å². The fraction of sp³-hybridized carbons (Fsp3) is 0.600. The number of piperidine rings is 1. The molecule has 0 amide bonds. The molecule has 0 spiro atoms. The normalized spacial score (nSPS) is 19.4. The SMILES string of the molecule is COc1ccc(CN)cc1CN1CCC(C)(O)CC1. The van der Waals surface area contributed by atoms with Crippen LogP contribution in [0.15, 0.2) is 18.2 Å². The number of nitrogens with two attached hydrogens (primary N) is 1. The number of rotatable bonds is 4. The third-order valence-corrected chi connectivity index (χ3v) is 3.91. The Bertz CT molecular complexity index is 422. The van der Waals surface area contributed by atoms with Gasteiger partial charge in [-0.05, 0) is 37.5 Å². The minimum absolute atomic E-state index is 0.500. The molecule has 1 aliphatic rings. The first kappa shape index (κ1) is 14.3. The van der Waals surface area contributed by atoms with E-state index in [4.69, 9.17) is 10.5 Å². The average molecular weight is 264 g/mol. The minimum Gasteiger partial charge on any atom is -0.496 e. The maximum atomic E-state index is 9.97. The summed E-state index contributed by atoms with van der Waals surface area (Å²) in [6.07, 6.45) is 1.65. The van der Waals surface area contributed by atoms with Crippen LogP contribution in [-0.4, -0.2) is 35.8 Å². The van der Waals surface area contributed by atoms with Crippen molar-refractivity contribution in [3.8, 4) is 5.75 Å². The van der Waals surface area contributed by atoms with Crippen molar-refractivity contribution in [1.29, 1.82) is 0 Å². The van der Waals surface area contributed by atoms with Gasteiger partial charge in [0.25, 0.3) is 0 Å². The molecule has 19 heavy (non-hydrogen) atoms. The third-order valence-electron chi connectivity index (χ3n) is 3.91. The number of hydrogen-bond donors (Lipinski definition) is 2. The molecule has 0 radical (unpaired) electrons. The fourth-order valence-electron chi connectivity index (χ4n) is 2.52. The zero-order valence-corrected chi connectivity index (χ0v) is 11.9. The standard InChI is InChI=1S/C15H24N2O2/c1-15(18)5-7-17(8-6-15)11-13-9-12(10-16)3-4-14(13)19-2/h3-4,9,18H,5-8,10-11,16H2,1-2H3. The molecule has 1 saturated heterocycles. The molecule has 0 atom stereocenters. The lowest BCUT2D eigenvalue weighted by Crippen LogP contribution is -2.42. The van der Waals surface area contributed by atoms with Crippen LogP contribution in [0.4, 0.5) is 0 Å². The molecule has 0 aromatic heterocycles. The van der Waals surface area contributed by atoms with E-state index >= 15 is 0 Å². The third kappa shape index (κ3) is 3.69. The van der Waals surface area contributed by atoms with E-state index in [1.165, 1.54) is 5.56 Å². The zero-order chi connectivity index (χ0) is 13.9. The first-order valence-electron chi connectivity index (χ1n) is 6.85. The van der Waals surface area contributed by atoms with Crippen molar-refractivity contribution in [3.05, 3.63) is 29.3 Å². The van der Waals surface area contributed by atoms with Crippen LogP contribution in [0.25, 0.3) is 0 Å². The molecule has 0 aliphatic carbocycles. The van der Waals surface area contributed by atoms with Crippen molar-refractivity contribution in [2.45, 2.75) is 38.5 Å². The summed E-state index contributed by atoms with van der Waals surface area (Å²) < 4.78 is 5.41. The van der Waals surface area contributed by atoms with Crippen LogP contribution >= 0.6 is 0 Å². The largest absolute Gasteiger partial charge is 0.496 e. The monoisotopic (exact) mass is 264 g/mol. The predicted octanol–water partition coefficient (Wildman–Crippen LogP) is 1.50. The molecule has 0 saturated carbocycles. The Morgan fingerprint density at radius 3 is 2.63 bits per heavy atom. The maximum Gasteiger partial charge on any atom is 0.123 e. The summed E-state index contributed by atoms with van der Waals surface area (Å²) in [5.41, 5.74) is 7.49. The number of ether oxygens (including phenoxy) is 1. The summed E-state index contributed by atoms with van der Waals surface area (Å²) in [7, 11) is 1.70. The van der Waals surface area contributed by atoms with Gasteiger partial charge >= 0.3 is 0 Å². The maximum absolute atomic E-state index is 9.97. The lowest BCUT2D eigenvalue weighted by atomic mass is 9.93. The smallest absolute Gasteiger partial charge is 0.123 e. The minimum atomic E-state index is -0.500. The first-order chi connectivity index (χ1) is 9.04. The average Bonchev–Trinajstić information content (AvgIpc) is 2.41. The summed E-state index contributed by atoms with van der Waals surface area (Å²) in [5, 5.41) is 9.97. The molecule has 1 fully saturated rings. The van der Waals surface area contributed by atoms with Gasteiger partial charge in [0.05, 0.1) is 12.7 Å². The molecule has 3 N–H and O–H groups in total. The van der Waals surface area contributed by atoms with E-state index in [0.29, 0.717) is 6.54 Å². The summed E-state index contributed by atoms with van der Waals surface area (Å²) in [5.74, 6) is 0.912. The summed E-state index contributed by atoms with van der Waals surface area (Å²) in [4.78, 5) is 2.36. The number of aliphatic hydroxyl groups is 1. The lowest BCUT2D eigenvalue weighted by molar-refractivity contribution is -0.00742. The van der Waals surface area contributed by atoms with Gasteiger partial charge in [0.15, 0.2) is 0 Å². The molecule has 0 unspecified atom stereocenters. The molecule has 106 valence electrons. The molecule has 1 heterocycles. The fourth-order valence-corrected chi connectivity index (χ4v) is 2.52. The molecule has 2 rings (SSSR count). The van der Waals surface area contributed by atoms with Crippen molar-refractivity contribution < 1.29 is 9.84 Å². The van der Waals surface area contributed by atoms with Crippen LogP contribution < -0.4 is 10.5 Å². The van der Waals surface area contributed by atoms with Crippen LogP contribution in [0.5, 0.6) is 5.75 Å². The van der Waals surface area contributed by atoms with E-state index in [0.717, 1.165) is 43.8 Å². The van der Waals surface area contributed by atoms with E-state index in [1.807, 2.05) is 19.1 Å². The predicted molar refractivity (Wildman–Crippen MR) is 76.0 cm³/mol.